The van der Waals surface area contributed by atoms with E-state index in [2.05, 4.69) is 5.32 Å². The van der Waals surface area contributed by atoms with Crippen LogP contribution in [0.15, 0.2) is 48.5 Å². The van der Waals surface area contributed by atoms with Gasteiger partial charge in [-0.25, -0.2) is 4.79 Å². The second-order valence-corrected chi connectivity index (χ2v) is 5.70. The highest BCUT2D eigenvalue weighted by atomic mass is 16.6. The maximum atomic E-state index is 11.6. The van der Waals surface area contributed by atoms with Gasteiger partial charge < -0.3 is 15.8 Å². The molecule has 0 aliphatic rings. The predicted molar refractivity (Wildman–Crippen MR) is 101 cm³/mol. The van der Waals surface area contributed by atoms with Gasteiger partial charge in [0.05, 0.1) is 4.92 Å². The molecule has 0 aliphatic carbocycles. The summed E-state index contributed by atoms with van der Waals surface area (Å²) < 4.78 is 5.10. The van der Waals surface area contributed by atoms with E-state index in [0.29, 0.717) is 29.8 Å². The second kappa shape index (κ2) is 9.22. The van der Waals surface area contributed by atoms with Crippen LogP contribution in [0, 0.1) is 17.0 Å². The standard InChI is InChI=1S/C19H21N3O4/c1-14-11-17(22(24)25)12-16(18(14)20)9-5-6-10-21-19(23)26-13-15-7-3-2-4-8-15/h2-5,7-9,11-12H,6,10,13,20H2,1H3,(H,21,23). The molecule has 0 heterocycles. The normalized spacial score (nSPS) is 10.7. The third kappa shape index (κ3) is 5.62. The number of rotatable bonds is 7. The summed E-state index contributed by atoms with van der Waals surface area (Å²) in [7, 11) is 0. The Morgan fingerprint density at radius 1 is 1.31 bits per heavy atom. The molecule has 0 radical (unpaired) electrons. The summed E-state index contributed by atoms with van der Waals surface area (Å²) in [5, 5.41) is 13.6. The van der Waals surface area contributed by atoms with Crippen LogP contribution >= 0.6 is 0 Å². The van der Waals surface area contributed by atoms with Crippen LogP contribution in [0.25, 0.3) is 6.08 Å². The largest absolute Gasteiger partial charge is 0.445 e. The van der Waals surface area contributed by atoms with E-state index in [1.165, 1.54) is 12.1 Å². The Balaban J connectivity index is 1.79. The number of nitrogens with zero attached hydrogens (tertiary/aromatic N) is 1. The molecule has 0 aromatic heterocycles. The average molecular weight is 355 g/mol. The quantitative estimate of drug-likeness (QED) is 0.340. The first-order chi connectivity index (χ1) is 12.5. The van der Waals surface area contributed by atoms with Gasteiger partial charge in [-0.3, -0.25) is 10.1 Å². The number of hydrogen-bond acceptors (Lipinski definition) is 5. The molecule has 0 bridgehead atoms. The molecule has 136 valence electrons. The van der Waals surface area contributed by atoms with E-state index < -0.39 is 11.0 Å². The summed E-state index contributed by atoms with van der Waals surface area (Å²) >= 11 is 0. The summed E-state index contributed by atoms with van der Waals surface area (Å²) in [5.41, 5.74) is 8.60. The van der Waals surface area contributed by atoms with Crippen LogP contribution in [0.2, 0.25) is 0 Å². The molecule has 3 N–H and O–H groups in total. The smallest absolute Gasteiger partial charge is 0.407 e. The minimum Gasteiger partial charge on any atom is -0.445 e. The van der Waals surface area contributed by atoms with E-state index in [-0.39, 0.29) is 12.3 Å². The van der Waals surface area contributed by atoms with Crippen molar-refractivity contribution in [2.75, 3.05) is 12.3 Å². The molecule has 0 unspecified atom stereocenters. The number of alkyl carbamates (subject to hydrolysis) is 1. The number of nitro groups is 1. The lowest BCUT2D eigenvalue weighted by atomic mass is 10.1. The van der Waals surface area contributed by atoms with E-state index in [0.717, 1.165) is 5.56 Å². The zero-order valence-electron chi connectivity index (χ0n) is 14.5. The van der Waals surface area contributed by atoms with Gasteiger partial charge in [-0.1, -0.05) is 42.5 Å². The van der Waals surface area contributed by atoms with Crippen molar-refractivity contribution in [2.45, 2.75) is 20.0 Å². The number of amides is 1. The molecule has 2 aromatic rings. The van der Waals surface area contributed by atoms with Gasteiger partial charge in [-0.15, -0.1) is 0 Å². The molecule has 0 saturated carbocycles. The van der Waals surface area contributed by atoms with Gasteiger partial charge in [-0.2, -0.15) is 0 Å². The van der Waals surface area contributed by atoms with Crippen molar-refractivity contribution in [3.8, 4) is 0 Å². The fourth-order valence-corrected chi connectivity index (χ4v) is 2.29. The van der Waals surface area contributed by atoms with E-state index >= 15 is 0 Å². The number of aryl methyl sites for hydroxylation is 1. The van der Waals surface area contributed by atoms with Crippen LogP contribution in [0.1, 0.15) is 23.1 Å². The Morgan fingerprint density at radius 3 is 2.73 bits per heavy atom. The lowest BCUT2D eigenvalue weighted by Gasteiger charge is -2.06. The number of nitrogens with two attached hydrogens (primary N) is 1. The molecule has 7 heteroatoms. The van der Waals surface area contributed by atoms with Crippen LogP contribution in [-0.4, -0.2) is 17.6 Å². The van der Waals surface area contributed by atoms with E-state index in [1.54, 1.807) is 19.1 Å². The van der Waals surface area contributed by atoms with Crippen molar-refractivity contribution >= 4 is 23.5 Å². The molecule has 0 fully saturated rings. The van der Waals surface area contributed by atoms with E-state index in [4.69, 9.17) is 10.5 Å². The highest BCUT2D eigenvalue weighted by molar-refractivity contribution is 5.70. The van der Waals surface area contributed by atoms with Crippen LogP contribution < -0.4 is 11.1 Å². The van der Waals surface area contributed by atoms with Crippen molar-refractivity contribution in [1.29, 1.82) is 0 Å². The van der Waals surface area contributed by atoms with E-state index in [1.807, 2.05) is 30.3 Å². The third-order valence-corrected chi connectivity index (χ3v) is 3.70. The number of ether oxygens (including phenoxy) is 1. The summed E-state index contributed by atoms with van der Waals surface area (Å²) in [6, 6.07) is 12.3. The molecule has 0 aliphatic heterocycles. The SMILES string of the molecule is Cc1cc([N+](=O)[O-])cc(C=CCCNC(=O)OCc2ccccc2)c1N. The van der Waals surface area contributed by atoms with Crippen molar-refractivity contribution in [1.82, 2.24) is 5.32 Å². The molecule has 2 rings (SSSR count). The maximum Gasteiger partial charge on any atom is 0.407 e. The molecular formula is C19H21N3O4. The molecule has 0 atom stereocenters. The van der Waals surface area contributed by atoms with E-state index in [9.17, 15) is 14.9 Å². The van der Waals surface area contributed by atoms with Gasteiger partial charge in [0.15, 0.2) is 0 Å². The van der Waals surface area contributed by atoms with Gasteiger partial charge in [0.1, 0.15) is 6.61 Å². The first kappa shape index (κ1) is 19.0. The minimum absolute atomic E-state index is 0.000959. The maximum absolute atomic E-state index is 11.6. The molecule has 7 nitrogen and oxygen atoms in total. The summed E-state index contributed by atoms with van der Waals surface area (Å²) in [6.45, 7) is 2.33. The number of carbonyl (C=O) groups is 1. The van der Waals surface area contributed by atoms with Gasteiger partial charge in [0, 0.05) is 29.9 Å². The fourth-order valence-electron chi connectivity index (χ4n) is 2.29. The van der Waals surface area contributed by atoms with Gasteiger partial charge in [-0.05, 0) is 24.5 Å². The Hall–Kier alpha value is -3.35. The fraction of sp³-hybridized carbons (Fsp3) is 0.211. The van der Waals surface area contributed by atoms with Crippen molar-refractivity contribution in [2.24, 2.45) is 0 Å². The minimum atomic E-state index is -0.493. The monoisotopic (exact) mass is 355 g/mol. The Labute approximate surface area is 151 Å². The van der Waals surface area contributed by atoms with Crippen molar-refractivity contribution in [3.63, 3.8) is 0 Å². The number of nitrogens with one attached hydrogen (secondary N) is 1. The number of benzene rings is 2. The molecule has 26 heavy (non-hydrogen) atoms. The number of anilines is 1. The highest BCUT2D eigenvalue weighted by Gasteiger charge is 2.10. The highest BCUT2D eigenvalue weighted by Crippen LogP contribution is 2.25. The Morgan fingerprint density at radius 2 is 2.04 bits per heavy atom. The summed E-state index contributed by atoms with van der Waals surface area (Å²) in [6.07, 6.45) is 3.56. The van der Waals surface area contributed by atoms with Crippen LogP contribution in [0.5, 0.6) is 0 Å². The number of nitro benzene ring substituents is 1. The third-order valence-electron chi connectivity index (χ3n) is 3.70. The van der Waals surface area contributed by atoms with Crippen molar-refractivity contribution in [3.05, 3.63) is 75.3 Å². The summed E-state index contributed by atoms with van der Waals surface area (Å²) in [4.78, 5) is 22.1. The zero-order valence-corrected chi connectivity index (χ0v) is 14.5. The first-order valence-electron chi connectivity index (χ1n) is 8.13. The summed E-state index contributed by atoms with van der Waals surface area (Å²) in [5.74, 6) is 0. The molecule has 2 aromatic carbocycles. The number of hydrogen-bond donors (Lipinski definition) is 2. The lowest BCUT2D eigenvalue weighted by Crippen LogP contribution is -2.24. The first-order valence-corrected chi connectivity index (χ1v) is 8.13. The number of carbonyl (C=O) groups excluding carboxylic acids is 1. The van der Waals surface area contributed by atoms with Crippen molar-refractivity contribution < 1.29 is 14.5 Å². The molecular weight excluding hydrogens is 334 g/mol. The zero-order chi connectivity index (χ0) is 18.9. The average Bonchev–Trinajstić information content (AvgIpc) is 2.63. The Bertz CT molecular complexity index is 804. The van der Waals surface area contributed by atoms with Gasteiger partial charge in [0.2, 0.25) is 0 Å². The Kier molecular flexibility index (Phi) is 6.73. The van der Waals surface area contributed by atoms with Crippen LogP contribution in [0.3, 0.4) is 0 Å². The number of non-ortho nitro benzene ring substituents is 1. The molecule has 0 spiro atoms. The number of nitrogen functional groups attached to an aromatic ring is 1. The molecule has 1 amide bonds. The van der Waals surface area contributed by atoms with Crippen LogP contribution in [0.4, 0.5) is 16.2 Å². The van der Waals surface area contributed by atoms with Gasteiger partial charge >= 0.3 is 6.09 Å². The molecule has 0 saturated heterocycles. The lowest BCUT2D eigenvalue weighted by molar-refractivity contribution is -0.384. The van der Waals surface area contributed by atoms with Gasteiger partial charge in [0.25, 0.3) is 5.69 Å². The predicted octanol–water partition coefficient (Wildman–Crippen LogP) is 3.82. The topological polar surface area (TPSA) is 107 Å². The van der Waals surface area contributed by atoms with Crippen LogP contribution in [-0.2, 0) is 11.3 Å². The second-order valence-electron chi connectivity index (χ2n) is 5.70.